The Morgan fingerprint density at radius 2 is 1.83 bits per heavy atom. The highest BCUT2D eigenvalue weighted by Crippen LogP contribution is 2.21. The molecule has 118 valence electrons. The van der Waals surface area contributed by atoms with Crippen LogP contribution in [-0.4, -0.2) is 12.5 Å². The van der Waals surface area contributed by atoms with Gasteiger partial charge in [-0.3, -0.25) is 4.79 Å². The number of hydrogen-bond acceptors (Lipinski definition) is 3. The first kappa shape index (κ1) is 16.7. The molecule has 0 saturated heterocycles. The smallest absolute Gasteiger partial charge is 0.238 e. The van der Waals surface area contributed by atoms with Gasteiger partial charge < -0.3 is 10.6 Å². The zero-order valence-electron chi connectivity index (χ0n) is 13.7. The number of nitrogens with one attached hydrogen (secondary N) is 2. The van der Waals surface area contributed by atoms with E-state index < -0.39 is 0 Å². The highest BCUT2D eigenvalue weighted by molar-refractivity contribution is 5.93. The number of nitrogens with zero attached hydrogens (tertiary/aromatic N) is 1. The molecule has 0 bridgehead atoms. The monoisotopic (exact) mass is 307 g/mol. The number of carbonyl (C=O) groups excluding carboxylic acids is 1. The average molecular weight is 307 g/mol. The fraction of sp³-hybridized carbons (Fsp3) is 0.263. The molecule has 0 saturated carbocycles. The third-order valence-electron chi connectivity index (χ3n) is 3.61. The highest BCUT2D eigenvalue weighted by Gasteiger charge is 2.08. The molecule has 4 nitrogen and oxygen atoms in total. The highest BCUT2D eigenvalue weighted by atomic mass is 16.1. The van der Waals surface area contributed by atoms with Gasteiger partial charge in [0.15, 0.2) is 0 Å². The minimum Gasteiger partial charge on any atom is -0.324 e. The van der Waals surface area contributed by atoms with Crippen LogP contribution in [0.1, 0.15) is 27.8 Å². The molecule has 2 rings (SSSR count). The van der Waals surface area contributed by atoms with E-state index in [0.29, 0.717) is 12.1 Å². The predicted molar refractivity (Wildman–Crippen MR) is 92.1 cm³/mol. The van der Waals surface area contributed by atoms with Gasteiger partial charge in [-0.2, -0.15) is 5.26 Å². The van der Waals surface area contributed by atoms with Gasteiger partial charge in [0.25, 0.3) is 0 Å². The summed E-state index contributed by atoms with van der Waals surface area (Å²) in [7, 11) is 0. The van der Waals surface area contributed by atoms with Gasteiger partial charge in [-0.1, -0.05) is 29.8 Å². The Bertz CT molecular complexity index is 736. The topological polar surface area (TPSA) is 64.9 Å². The lowest BCUT2D eigenvalue weighted by molar-refractivity contribution is -0.115. The summed E-state index contributed by atoms with van der Waals surface area (Å²) in [6.07, 6.45) is 0. The van der Waals surface area contributed by atoms with E-state index in [2.05, 4.69) is 28.8 Å². The normalized spacial score (nSPS) is 10.2. The molecule has 0 fully saturated rings. The summed E-state index contributed by atoms with van der Waals surface area (Å²) < 4.78 is 0. The average Bonchev–Trinajstić information content (AvgIpc) is 2.51. The van der Waals surface area contributed by atoms with E-state index in [1.54, 1.807) is 6.07 Å². The van der Waals surface area contributed by atoms with Crippen molar-refractivity contribution in [3.05, 3.63) is 64.2 Å². The number of hydrogen-bond donors (Lipinski definition) is 2. The summed E-state index contributed by atoms with van der Waals surface area (Å²) in [5, 5.41) is 14.9. The Morgan fingerprint density at radius 3 is 2.48 bits per heavy atom. The Labute approximate surface area is 137 Å². The largest absolute Gasteiger partial charge is 0.324 e. The SMILES string of the molecule is Cc1cc(C)c(NC(=O)CNCc2cccc(C#N)c2)c(C)c1. The maximum Gasteiger partial charge on any atom is 0.238 e. The van der Waals surface area contributed by atoms with Gasteiger partial charge in [0, 0.05) is 12.2 Å². The minimum atomic E-state index is -0.0727. The molecule has 0 radical (unpaired) electrons. The summed E-state index contributed by atoms with van der Waals surface area (Å²) in [5.74, 6) is -0.0727. The van der Waals surface area contributed by atoms with E-state index in [0.717, 1.165) is 22.4 Å². The van der Waals surface area contributed by atoms with Crippen molar-refractivity contribution < 1.29 is 4.79 Å². The van der Waals surface area contributed by atoms with Gasteiger partial charge in [0.2, 0.25) is 5.91 Å². The zero-order chi connectivity index (χ0) is 16.8. The van der Waals surface area contributed by atoms with Crippen molar-refractivity contribution in [1.29, 1.82) is 5.26 Å². The molecule has 2 N–H and O–H groups in total. The number of carbonyl (C=O) groups is 1. The van der Waals surface area contributed by atoms with E-state index in [9.17, 15) is 4.79 Å². The van der Waals surface area contributed by atoms with Crippen molar-refractivity contribution in [2.24, 2.45) is 0 Å². The number of anilines is 1. The summed E-state index contributed by atoms with van der Waals surface area (Å²) in [4.78, 5) is 12.1. The Hall–Kier alpha value is -2.64. The van der Waals surface area contributed by atoms with Crippen LogP contribution in [0.5, 0.6) is 0 Å². The number of benzene rings is 2. The van der Waals surface area contributed by atoms with Crippen molar-refractivity contribution in [2.45, 2.75) is 27.3 Å². The molecule has 2 aromatic carbocycles. The molecule has 0 aliphatic carbocycles. The van der Waals surface area contributed by atoms with Crippen molar-refractivity contribution in [2.75, 3.05) is 11.9 Å². The molecular weight excluding hydrogens is 286 g/mol. The van der Waals surface area contributed by atoms with Gasteiger partial charge in [-0.15, -0.1) is 0 Å². The molecule has 0 heterocycles. The lowest BCUT2D eigenvalue weighted by Gasteiger charge is -2.13. The van der Waals surface area contributed by atoms with Crippen LogP contribution in [0.3, 0.4) is 0 Å². The van der Waals surface area contributed by atoms with Crippen LogP contribution in [0.25, 0.3) is 0 Å². The lowest BCUT2D eigenvalue weighted by Crippen LogP contribution is -2.28. The van der Waals surface area contributed by atoms with Gasteiger partial charge in [-0.05, 0) is 49.6 Å². The van der Waals surface area contributed by atoms with E-state index in [1.165, 1.54) is 5.56 Å². The first-order valence-electron chi connectivity index (χ1n) is 7.57. The van der Waals surface area contributed by atoms with Crippen LogP contribution in [0.2, 0.25) is 0 Å². The van der Waals surface area contributed by atoms with E-state index >= 15 is 0 Å². The van der Waals surface area contributed by atoms with Crippen LogP contribution in [0, 0.1) is 32.1 Å². The first-order valence-corrected chi connectivity index (χ1v) is 7.57. The van der Waals surface area contributed by atoms with Gasteiger partial charge in [0.1, 0.15) is 0 Å². The zero-order valence-corrected chi connectivity index (χ0v) is 13.7. The lowest BCUT2D eigenvalue weighted by atomic mass is 10.1. The number of amides is 1. The standard InChI is InChI=1S/C19H21N3O/c1-13-7-14(2)19(15(3)8-13)22-18(23)12-21-11-17-6-4-5-16(9-17)10-20/h4-9,21H,11-12H2,1-3H3,(H,22,23). The molecule has 0 atom stereocenters. The van der Waals surface area contributed by atoms with E-state index in [1.807, 2.05) is 39.0 Å². The molecule has 1 amide bonds. The summed E-state index contributed by atoms with van der Waals surface area (Å²) in [6, 6.07) is 13.6. The Kier molecular flexibility index (Phi) is 5.51. The van der Waals surface area contributed by atoms with Crippen LogP contribution < -0.4 is 10.6 Å². The van der Waals surface area contributed by atoms with E-state index in [4.69, 9.17) is 5.26 Å². The molecular formula is C19H21N3O. The number of aryl methyl sites for hydroxylation is 3. The Morgan fingerprint density at radius 1 is 1.13 bits per heavy atom. The Balaban J connectivity index is 1.90. The number of rotatable bonds is 5. The molecule has 0 aliphatic heterocycles. The van der Waals surface area contributed by atoms with Crippen LogP contribution in [0.15, 0.2) is 36.4 Å². The predicted octanol–water partition coefficient (Wildman–Crippen LogP) is 3.21. The van der Waals surface area contributed by atoms with Crippen LogP contribution in [0.4, 0.5) is 5.69 Å². The molecule has 0 aromatic heterocycles. The van der Waals surface area contributed by atoms with Crippen molar-refractivity contribution in [1.82, 2.24) is 5.32 Å². The molecule has 4 heteroatoms. The van der Waals surface area contributed by atoms with Crippen molar-refractivity contribution in [3.63, 3.8) is 0 Å². The fourth-order valence-corrected chi connectivity index (χ4v) is 2.63. The summed E-state index contributed by atoms with van der Waals surface area (Å²) >= 11 is 0. The minimum absolute atomic E-state index is 0.0727. The summed E-state index contributed by atoms with van der Waals surface area (Å²) in [6.45, 7) is 6.81. The van der Waals surface area contributed by atoms with Gasteiger partial charge in [0.05, 0.1) is 18.2 Å². The van der Waals surface area contributed by atoms with Crippen molar-refractivity contribution in [3.8, 4) is 6.07 Å². The molecule has 0 aliphatic rings. The van der Waals surface area contributed by atoms with Gasteiger partial charge >= 0.3 is 0 Å². The second-order valence-electron chi connectivity index (χ2n) is 5.74. The molecule has 23 heavy (non-hydrogen) atoms. The maximum absolute atomic E-state index is 12.1. The second kappa shape index (κ2) is 7.57. The third-order valence-corrected chi connectivity index (χ3v) is 3.61. The second-order valence-corrected chi connectivity index (χ2v) is 5.74. The quantitative estimate of drug-likeness (QED) is 0.891. The molecule has 0 unspecified atom stereocenters. The first-order chi connectivity index (χ1) is 11.0. The fourth-order valence-electron chi connectivity index (χ4n) is 2.63. The van der Waals surface area contributed by atoms with Crippen LogP contribution >= 0.6 is 0 Å². The van der Waals surface area contributed by atoms with Gasteiger partial charge in [-0.25, -0.2) is 0 Å². The maximum atomic E-state index is 12.1. The van der Waals surface area contributed by atoms with Crippen molar-refractivity contribution >= 4 is 11.6 Å². The summed E-state index contributed by atoms with van der Waals surface area (Å²) in [5.41, 5.74) is 5.82. The third kappa shape index (κ3) is 4.67. The molecule has 2 aromatic rings. The van der Waals surface area contributed by atoms with E-state index in [-0.39, 0.29) is 12.5 Å². The molecule has 0 spiro atoms. The van der Waals surface area contributed by atoms with Crippen LogP contribution in [-0.2, 0) is 11.3 Å². The number of nitriles is 1.